The number of halogens is 3. The van der Waals surface area contributed by atoms with Crippen molar-refractivity contribution in [2.75, 3.05) is 31.1 Å². The smallest absolute Gasteiger partial charge is 0.369 e. The van der Waals surface area contributed by atoms with Gasteiger partial charge >= 0.3 is 6.18 Å². The van der Waals surface area contributed by atoms with Crippen molar-refractivity contribution in [3.05, 3.63) is 29.8 Å². The van der Waals surface area contributed by atoms with Crippen LogP contribution in [0.25, 0.3) is 0 Å². The Labute approximate surface area is 152 Å². The lowest BCUT2D eigenvalue weighted by Crippen LogP contribution is -2.54. The normalized spacial score (nSPS) is 21.0. The van der Waals surface area contributed by atoms with Gasteiger partial charge in [-0.1, -0.05) is 18.9 Å². The maximum atomic E-state index is 12.9. The van der Waals surface area contributed by atoms with Crippen LogP contribution in [0, 0.1) is 0 Å². The summed E-state index contributed by atoms with van der Waals surface area (Å²) in [5, 5.41) is 3.12. The number of carbonyl (C=O) groups is 1. The van der Waals surface area contributed by atoms with Crippen LogP contribution in [0.4, 0.5) is 18.9 Å². The van der Waals surface area contributed by atoms with Gasteiger partial charge in [0.05, 0.1) is 11.6 Å². The third-order valence-electron chi connectivity index (χ3n) is 5.48. The molecule has 2 aliphatic rings. The molecule has 1 amide bonds. The third kappa shape index (κ3) is 4.50. The number of benzene rings is 1. The number of hydrogen-bond donors (Lipinski definition) is 1. The molecule has 0 spiro atoms. The summed E-state index contributed by atoms with van der Waals surface area (Å²) >= 11 is 0. The first-order valence-electron chi connectivity index (χ1n) is 9.31. The Balaban J connectivity index is 1.54. The van der Waals surface area contributed by atoms with E-state index in [2.05, 4.69) is 10.2 Å². The molecule has 0 bridgehead atoms. The fourth-order valence-electron chi connectivity index (χ4n) is 3.80. The molecule has 1 aromatic rings. The largest absolute Gasteiger partial charge is 0.416 e. The quantitative estimate of drug-likeness (QED) is 0.885. The molecule has 4 nitrogen and oxygen atoms in total. The molecule has 3 rings (SSSR count). The average Bonchev–Trinajstić information content (AvgIpc) is 3.13. The molecular weight excluding hydrogens is 343 g/mol. The number of rotatable bonds is 4. The van der Waals surface area contributed by atoms with Crippen molar-refractivity contribution in [1.29, 1.82) is 0 Å². The molecule has 1 saturated carbocycles. The monoisotopic (exact) mass is 369 g/mol. The lowest BCUT2D eigenvalue weighted by Gasteiger charge is -2.39. The first-order valence-corrected chi connectivity index (χ1v) is 9.31. The summed E-state index contributed by atoms with van der Waals surface area (Å²) in [4.78, 5) is 16.5. The van der Waals surface area contributed by atoms with Crippen molar-refractivity contribution in [2.45, 2.75) is 50.9 Å². The second-order valence-electron chi connectivity index (χ2n) is 7.24. The van der Waals surface area contributed by atoms with E-state index < -0.39 is 11.7 Å². The minimum atomic E-state index is -4.33. The Hall–Kier alpha value is -1.76. The van der Waals surface area contributed by atoms with Crippen LogP contribution in [0.1, 0.15) is 38.2 Å². The molecule has 2 fully saturated rings. The van der Waals surface area contributed by atoms with E-state index in [1.54, 1.807) is 6.07 Å². The van der Waals surface area contributed by atoms with Crippen molar-refractivity contribution in [3.63, 3.8) is 0 Å². The molecular formula is C19H26F3N3O. The predicted octanol–water partition coefficient (Wildman–Crippen LogP) is 3.27. The molecule has 26 heavy (non-hydrogen) atoms. The number of anilines is 1. The maximum absolute atomic E-state index is 12.9. The Morgan fingerprint density at radius 3 is 2.42 bits per heavy atom. The molecule has 1 aromatic carbocycles. The Morgan fingerprint density at radius 2 is 1.81 bits per heavy atom. The molecule has 144 valence electrons. The van der Waals surface area contributed by atoms with Crippen molar-refractivity contribution >= 4 is 11.6 Å². The van der Waals surface area contributed by atoms with Gasteiger partial charge in [-0.2, -0.15) is 13.2 Å². The molecule has 1 N–H and O–H groups in total. The standard InChI is InChI=1S/C19H26F3N3O/c1-14(18(26)23-16-6-2-3-7-16)24-9-11-25(12-10-24)17-8-4-5-15(13-17)19(20,21)22/h4-5,8,13-14,16H,2-3,6-7,9-12H2,1H3,(H,23,26)/t14-/m1/s1. The summed E-state index contributed by atoms with van der Waals surface area (Å²) in [5.74, 6) is 0.0596. The molecule has 1 heterocycles. The van der Waals surface area contributed by atoms with E-state index in [1.165, 1.54) is 25.0 Å². The van der Waals surface area contributed by atoms with Crippen LogP contribution in [-0.2, 0) is 11.0 Å². The first kappa shape index (κ1) is 19.0. The third-order valence-corrected chi connectivity index (χ3v) is 5.48. The van der Waals surface area contributed by atoms with E-state index >= 15 is 0 Å². The zero-order chi connectivity index (χ0) is 18.7. The van der Waals surface area contributed by atoms with Crippen LogP contribution >= 0.6 is 0 Å². The summed E-state index contributed by atoms with van der Waals surface area (Å²) in [5.41, 5.74) is -0.0377. The molecule has 1 saturated heterocycles. The van der Waals surface area contributed by atoms with Gasteiger partial charge in [0.25, 0.3) is 0 Å². The second-order valence-corrected chi connectivity index (χ2v) is 7.24. The topological polar surface area (TPSA) is 35.6 Å². The van der Waals surface area contributed by atoms with E-state index in [0.717, 1.165) is 18.9 Å². The number of piperazine rings is 1. The molecule has 1 aliphatic carbocycles. The zero-order valence-electron chi connectivity index (χ0n) is 15.1. The molecule has 0 unspecified atom stereocenters. The van der Waals surface area contributed by atoms with Crippen LogP contribution < -0.4 is 10.2 Å². The molecule has 1 aliphatic heterocycles. The summed E-state index contributed by atoms with van der Waals surface area (Å²) < 4.78 is 38.7. The fraction of sp³-hybridized carbons (Fsp3) is 0.632. The van der Waals surface area contributed by atoms with Gasteiger partial charge in [-0.15, -0.1) is 0 Å². The number of alkyl halides is 3. The summed E-state index contributed by atoms with van der Waals surface area (Å²) in [6.45, 7) is 4.46. The molecule has 0 radical (unpaired) electrons. The van der Waals surface area contributed by atoms with Gasteiger partial charge in [-0.25, -0.2) is 0 Å². The van der Waals surface area contributed by atoms with E-state index in [-0.39, 0.29) is 11.9 Å². The van der Waals surface area contributed by atoms with E-state index in [9.17, 15) is 18.0 Å². The van der Waals surface area contributed by atoms with Crippen molar-refractivity contribution in [2.24, 2.45) is 0 Å². The fourth-order valence-corrected chi connectivity index (χ4v) is 3.80. The number of amides is 1. The number of hydrogen-bond acceptors (Lipinski definition) is 3. The zero-order valence-corrected chi connectivity index (χ0v) is 15.1. The predicted molar refractivity (Wildman–Crippen MR) is 95.1 cm³/mol. The van der Waals surface area contributed by atoms with E-state index in [0.29, 0.717) is 37.9 Å². The SMILES string of the molecule is C[C@H](C(=O)NC1CCCC1)N1CCN(c2cccc(C(F)(F)F)c2)CC1. The van der Waals surface area contributed by atoms with E-state index in [4.69, 9.17) is 0 Å². The van der Waals surface area contributed by atoms with E-state index in [1.807, 2.05) is 11.8 Å². The van der Waals surface area contributed by atoms with Crippen LogP contribution in [-0.4, -0.2) is 49.1 Å². The minimum absolute atomic E-state index is 0.0596. The van der Waals surface area contributed by atoms with Gasteiger partial charge in [0, 0.05) is 37.9 Å². The summed E-state index contributed by atoms with van der Waals surface area (Å²) in [7, 11) is 0. The van der Waals surface area contributed by atoms with Gasteiger partial charge in [-0.3, -0.25) is 9.69 Å². The highest BCUT2D eigenvalue weighted by molar-refractivity contribution is 5.81. The van der Waals surface area contributed by atoms with Gasteiger partial charge in [0.15, 0.2) is 0 Å². The number of nitrogens with one attached hydrogen (secondary N) is 1. The van der Waals surface area contributed by atoms with Crippen LogP contribution in [0.2, 0.25) is 0 Å². The lowest BCUT2D eigenvalue weighted by atomic mass is 10.1. The minimum Gasteiger partial charge on any atom is -0.369 e. The average molecular weight is 369 g/mol. The second kappa shape index (κ2) is 7.86. The summed E-state index contributed by atoms with van der Waals surface area (Å²) in [6.07, 6.45) is 0.137. The lowest BCUT2D eigenvalue weighted by molar-refractivity contribution is -0.137. The molecule has 0 aromatic heterocycles. The van der Waals surface area contributed by atoms with Crippen molar-refractivity contribution < 1.29 is 18.0 Å². The highest BCUT2D eigenvalue weighted by atomic mass is 19.4. The summed E-state index contributed by atoms with van der Waals surface area (Å²) in [6, 6.07) is 5.54. The first-order chi connectivity index (χ1) is 12.3. The highest BCUT2D eigenvalue weighted by Gasteiger charge is 2.32. The van der Waals surface area contributed by atoms with Crippen molar-refractivity contribution in [1.82, 2.24) is 10.2 Å². The number of nitrogens with zero attached hydrogens (tertiary/aromatic N) is 2. The number of carbonyl (C=O) groups excluding carboxylic acids is 1. The van der Waals surface area contributed by atoms with Gasteiger partial charge in [-0.05, 0) is 38.0 Å². The van der Waals surface area contributed by atoms with Gasteiger partial charge < -0.3 is 10.2 Å². The maximum Gasteiger partial charge on any atom is 0.416 e. The van der Waals surface area contributed by atoms with Gasteiger partial charge in [0.2, 0.25) is 5.91 Å². The Bertz CT molecular complexity index is 621. The van der Waals surface area contributed by atoms with Gasteiger partial charge in [0.1, 0.15) is 0 Å². The van der Waals surface area contributed by atoms with Crippen LogP contribution in [0.5, 0.6) is 0 Å². The van der Waals surface area contributed by atoms with Crippen molar-refractivity contribution in [3.8, 4) is 0 Å². The van der Waals surface area contributed by atoms with Crippen LogP contribution in [0.15, 0.2) is 24.3 Å². The Morgan fingerprint density at radius 1 is 1.15 bits per heavy atom. The van der Waals surface area contributed by atoms with Crippen LogP contribution in [0.3, 0.4) is 0 Å². The molecule has 1 atom stereocenters. The molecule has 7 heteroatoms. The Kier molecular flexibility index (Phi) is 5.75. The highest BCUT2D eigenvalue weighted by Crippen LogP contribution is 2.32.